The minimum atomic E-state index is -1.63. The largest absolute Gasteiger partial charge is 0.488 e. The van der Waals surface area contributed by atoms with Crippen molar-refractivity contribution in [1.82, 2.24) is 19.5 Å². The molecule has 0 unspecified atom stereocenters. The number of hydrogen-bond acceptors (Lipinski definition) is 7. The molecule has 3 atom stereocenters. The molecule has 1 aromatic carbocycles. The molecule has 3 aromatic rings. The quantitative estimate of drug-likeness (QED) is 0.457. The number of nitrogens with zero attached hydrogens (tertiary/aromatic N) is 4. The predicted molar refractivity (Wildman–Crippen MR) is 128 cm³/mol. The van der Waals surface area contributed by atoms with Crippen molar-refractivity contribution in [3.05, 3.63) is 53.5 Å². The van der Waals surface area contributed by atoms with Crippen LogP contribution in [0.1, 0.15) is 59.4 Å². The zero-order valence-corrected chi connectivity index (χ0v) is 20.0. The van der Waals surface area contributed by atoms with E-state index in [9.17, 15) is 24.2 Å². The lowest BCUT2D eigenvalue weighted by atomic mass is 10.0. The number of rotatable bonds is 7. The third kappa shape index (κ3) is 4.63. The van der Waals surface area contributed by atoms with Crippen molar-refractivity contribution < 1.29 is 28.9 Å². The van der Waals surface area contributed by atoms with Gasteiger partial charge in [0.25, 0.3) is 11.8 Å². The Morgan fingerprint density at radius 2 is 2.17 bits per heavy atom. The normalized spacial score (nSPS) is 20.6. The van der Waals surface area contributed by atoms with Crippen LogP contribution in [-0.2, 0) is 6.54 Å². The molecule has 2 aliphatic rings. The Morgan fingerprint density at radius 3 is 2.89 bits per heavy atom. The van der Waals surface area contributed by atoms with Gasteiger partial charge in [-0.05, 0) is 50.5 Å². The molecular formula is C25H28FN5O5. The van der Waals surface area contributed by atoms with Crippen molar-refractivity contribution in [2.45, 2.75) is 63.6 Å². The molecule has 10 nitrogen and oxygen atoms in total. The summed E-state index contributed by atoms with van der Waals surface area (Å²) in [6.45, 7) is 2.58. The number of amides is 2. The van der Waals surface area contributed by atoms with Crippen molar-refractivity contribution in [3.63, 3.8) is 0 Å². The van der Waals surface area contributed by atoms with E-state index < -0.39 is 23.8 Å². The first-order chi connectivity index (χ1) is 17.1. The number of ether oxygens (including phenoxy) is 1. The first kappa shape index (κ1) is 24.1. The number of carbonyl (C=O) groups excluding carboxylic acids is 2. The molecule has 3 heterocycles. The van der Waals surface area contributed by atoms with Crippen LogP contribution >= 0.6 is 0 Å². The van der Waals surface area contributed by atoms with Gasteiger partial charge in [0.15, 0.2) is 5.65 Å². The van der Waals surface area contributed by atoms with Crippen LogP contribution in [0.25, 0.3) is 5.65 Å². The van der Waals surface area contributed by atoms with E-state index in [1.165, 1.54) is 29.5 Å². The molecule has 36 heavy (non-hydrogen) atoms. The maximum Gasteiger partial charge on any atom is 0.261 e. The number of benzene rings is 1. The van der Waals surface area contributed by atoms with Crippen LogP contribution in [0.2, 0.25) is 0 Å². The van der Waals surface area contributed by atoms with Gasteiger partial charge in [0.2, 0.25) is 0 Å². The minimum absolute atomic E-state index is 0.133. The van der Waals surface area contributed by atoms with Gasteiger partial charge in [-0.2, -0.15) is 5.10 Å². The van der Waals surface area contributed by atoms with E-state index in [1.807, 2.05) is 0 Å². The van der Waals surface area contributed by atoms with Crippen LogP contribution in [0.5, 0.6) is 5.75 Å². The Labute approximate surface area is 206 Å². The Bertz CT molecular complexity index is 1320. The van der Waals surface area contributed by atoms with Gasteiger partial charge >= 0.3 is 0 Å². The molecule has 0 spiro atoms. The summed E-state index contributed by atoms with van der Waals surface area (Å²) in [4.78, 5) is 31.8. The van der Waals surface area contributed by atoms with Crippen molar-refractivity contribution in [2.75, 3.05) is 11.9 Å². The van der Waals surface area contributed by atoms with Crippen molar-refractivity contribution in [2.24, 2.45) is 0 Å². The van der Waals surface area contributed by atoms with Crippen molar-refractivity contribution in [3.8, 4) is 5.75 Å². The van der Waals surface area contributed by atoms with Gasteiger partial charge in [0, 0.05) is 30.9 Å². The fraction of sp³-hybridized carbons (Fsp3) is 0.440. The third-order valence-electron chi connectivity index (χ3n) is 6.65. The molecule has 0 radical (unpaired) electrons. The summed E-state index contributed by atoms with van der Waals surface area (Å²) in [5.41, 5.74) is 0.372. The summed E-state index contributed by atoms with van der Waals surface area (Å²) in [5, 5.41) is 26.9. The van der Waals surface area contributed by atoms with E-state index in [0.29, 0.717) is 47.5 Å². The van der Waals surface area contributed by atoms with Gasteiger partial charge in [-0.3, -0.25) is 9.59 Å². The number of aliphatic hydroxyl groups is 2. The van der Waals surface area contributed by atoms with Gasteiger partial charge in [-0.1, -0.05) is 0 Å². The topological polar surface area (TPSA) is 129 Å². The first-order valence-electron chi connectivity index (χ1n) is 11.9. The van der Waals surface area contributed by atoms with Crippen LogP contribution < -0.4 is 10.1 Å². The van der Waals surface area contributed by atoms with E-state index >= 15 is 0 Å². The molecule has 3 N–H and O–H groups in total. The predicted octanol–water partition coefficient (Wildman–Crippen LogP) is 2.34. The van der Waals surface area contributed by atoms with E-state index in [2.05, 4.69) is 15.4 Å². The summed E-state index contributed by atoms with van der Waals surface area (Å²) < 4.78 is 22.1. The minimum Gasteiger partial charge on any atom is -0.488 e. The molecule has 190 valence electrons. The summed E-state index contributed by atoms with van der Waals surface area (Å²) in [6.07, 6.45) is 3.98. The number of anilines is 1. The zero-order valence-electron chi connectivity index (χ0n) is 20.0. The summed E-state index contributed by atoms with van der Waals surface area (Å²) in [7, 11) is 0. The van der Waals surface area contributed by atoms with Crippen molar-refractivity contribution >= 4 is 23.1 Å². The average molecular weight is 498 g/mol. The number of hydrogen-bond donors (Lipinski definition) is 3. The molecule has 1 aliphatic carbocycles. The summed E-state index contributed by atoms with van der Waals surface area (Å²) in [6, 6.07) is 4.92. The van der Waals surface area contributed by atoms with E-state index in [1.54, 1.807) is 30.6 Å². The lowest BCUT2D eigenvalue weighted by Crippen LogP contribution is -2.42. The zero-order chi connectivity index (χ0) is 25.6. The second kappa shape index (κ2) is 9.14. The molecule has 1 fully saturated rings. The maximum atomic E-state index is 14.5. The highest BCUT2D eigenvalue weighted by atomic mass is 19.1. The summed E-state index contributed by atoms with van der Waals surface area (Å²) >= 11 is 0. The molecule has 2 amide bonds. The molecule has 5 rings (SSSR count). The van der Waals surface area contributed by atoms with Crippen LogP contribution in [0.4, 0.5) is 10.1 Å². The van der Waals surface area contributed by atoms with E-state index in [0.717, 1.165) is 0 Å². The summed E-state index contributed by atoms with van der Waals surface area (Å²) in [5.74, 6) is -0.537. The first-order valence-corrected chi connectivity index (χ1v) is 11.9. The lowest BCUT2D eigenvalue weighted by molar-refractivity contribution is -0.0159. The van der Waals surface area contributed by atoms with Crippen LogP contribution in [0, 0.1) is 0 Å². The monoisotopic (exact) mass is 497 g/mol. The number of carbonyl (C=O) groups is 2. The highest BCUT2D eigenvalue weighted by Gasteiger charge is 2.36. The Balaban J connectivity index is 1.45. The standard InChI is InChI=1S/C25H28FN5O5/c1-25(2,35)21(26)13-30-12-14-8-19(29-23(33)18-11-28-31-7-3-6-27-22(18)31)20(10-17(14)24(30)34)36-16-5-4-15(32)9-16/h3,6-8,10-11,15-16,21,32,35H,4-5,9,12-13H2,1-2H3,(H,29,33)/t15-,16+,21+/m0/s1. The second-order valence-corrected chi connectivity index (χ2v) is 9.92. The highest BCUT2D eigenvalue weighted by Crippen LogP contribution is 2.37. The fourth-order valence-corrected chi connectivity index (χ4v) is 4.54. The number of fused-ring (bicyclic) bond motifs is 2. The highest BCUT2D eigenvalue weighted by molar-refractivity contribution is 6.09. The van der Waals surface area contributed by atoms with Crippen LogP contribution in [0.3, 0.4) is 0 Å². The number of nitrogens with one attached hydrogen (secondary N) is 1. The van der Waals surface area contributed by atoms with Crippen LogP contribution in [0.15, 0.2) is 36.8 Å². The van der Waals surface area contributed by atoms with Gasteiger partial charge in [-0.15, -0.1) is 0 Å². The number of aliphatic hydroxyl groups excluding tert-OH is 1. The molecule has 0 saturated heterocycles. The SMILES string of the molecule is CC(C)(O)[C@H](F)CN1Cc2cc(NC(=O)c3cnn4cccnc34)c(O[C@@H]3CC[C@H](O)C3)cc2C1=O. The van der Waals surface area contributed by atoms with Gasteiger partial charge in [0.1, 0.15) is 23.6 Å². The lowest BCUT2D eigenvalue weighted by Gasteiger charge is -2.26. The van der Waals surface area contributed by atoms with Gasteiger partial charge in [0.05, 0.1) is 30.1 Å². The molecule has 11 heteroatoms. The molecule has 1 saturated carbocycles. The number of alkyl halides is 1. The van der Waals surface area contributed by atoms with E-state index in [4.69, 9.17) is 4.74 Å². The van der Waals surface area contributed by atoms with Crippen molar-refractivity contribution in [1.29, 1.82) is 0 Å². The molecule has 1 aliphatic heterocycles. The Kier molecular flexibility index (Phi) is 6.13. The maximum absolute atomic E-state index is 14.5. The molecule has 0 bridgehead atoms. The Hall–Kier alpha value is -3.57. The number of halogens is 1. The van der Waals surface area contributed by atoms with Gasteiger partial charge < -0.3 is 25.2 Å². The average Bonchev–Trinajstić information content (AvgIpc) is 3.51. The number of aromatic nitrogens is 3. The van der Waals surface area contributed by atoms with Crippen LogP contribution in [-0.4, -0.2) is 72.1 Å². The Morgan fingerprint density at radius 1 is 1.36 bits per heavy atom. The fourth-order valence-electron chi connectivity index (χ4n) is 4.54. The van der Waals surface area contributed by atoms with E-state index in [-0.39, 0.29) is 30.7 Å². The molecular weight excluding hydrogens is 469 g/mol. The second-order valence-electron chi connectivity index (χ2n) is 9.92. The molecule has 2 aromatic heterocycles. The third-order valence-corrected chi connectivity index (χ3v) is 6.65. The van der Waals surface area contributed by atoms with Gasteiger partial charge in [-0.25, -0.2) is 13.9 Å². The smallest absolute Gasteiger partial charge is 0.261 e.